The van der Waals surface area contributed by atoms with Crippen molar-refractivity contribution in [3.63, 3.8) is 0 Å². The van der Waals surface area contributed by atoms with E-state index in [0.29, 0.717) is 67.2 Å². The highest BCUT2D eigenvalue weighted by molar-refractivity contribution is 7.99. The maximum absolute atomic E-state index is 13.5. The van der Waals surface area contributed by atoms with E-state index >= 15 is 0 Å². The van der Waals surface area contributed by atoms with Gasteiger partial charge in [0.2, 0.25) is 11.8 Å². The molecule has 2 amide bonds. The zero-order valence-electron chi connectivity index (χ0n) is 26.1. The lowest BCUT2D eigenvalue weighted by atomic mass is 9.84. The molecule has 2 unspecified atom stereocenters. The molecule has 44 heavy (non-hydrogen) atoms. The summed E-state index contributed by atoms with van der Waals surface area (Å²) >= 11 is 1.36. The normalized spacial score (nSPS) is 16.7. The maximum atomic E-state index is 13.5. The number of piperazine rings is 1. The summed E-state index contributed by atoms with van der Waals surface area (Å²) in [4.78, 5) is 29.8. The van der Waals surface area contributed by atoms with Crippen molar-refractivity contribution in [2.75, 3.05) is 25.4 Å². The van der Waals surface area contributed by atoms with Gasteiger partial charge in [0, 0.05) is 49.8 Å². The Morgan fingerprint density at radius 3 is 2.39 bits per heavy atom. The highest BCUT2D eigenvalue weighted by atomic mass is 32.2. The van der Waals surface area contributed by atoms with Gasteiger partial charge in [-0.3, -0.25) is 14.2 Å². The molecule has 0 bridgehead atoms. The fourth-order valence-electron chi connectivity index (χ4n) is 5.82. The third-order valence-corrected chi connectivity index (χ3v) is 8.66. The second-order valence-corrected chi connectivity index (χ2v) is 13.9. The minimum atomic E-state index is -4.48. The first-order valence-corrected chi connectivity index (χ1v) is 16.1. The predicted molar refractivity (Wildman–Crippen MR) is 167 cm³/mol. The molecule has 4 rings (SSSR count). The van der Waals surface area contributed by atoms with Crippen LogP contribution in [0.3, 0.4) is 0 Å². The summed E-state index contributed by atoms with van der Waals surface area (Å²) in [6, 6.07) is 14.3. The largest absolute Gasteiger partial charge is 0.416 e. The van der Waals surface area contributed by atoms with Crippen LogP contribution in [-0.2, 0) is 15.8 Å². The number of aromatic nitrogens is 3. The molecule has 1 aliphatic heterocycles. The molecule has 2 heterocycles. The van der Waals surface area contributed by atoms with Crippen LogP contribution in [0.5, 0.6) is 0 Å². The quantitative estimate of drug-likeness (QED) is 0.173. The second kappa shape index (κ2) is 14.2. The summed E-state index contributed by atoms with van der Waals surface area (Å²) in [6.07, 6.45) is -2.08. The van der Waals surface area contributed by atoms with Crippen molar-refractivity contribution in [2.45, 2.75) is 77.7 Å². The molecular weight excluding hydrogens is 587 g/mol. The lowest BCUT2D eigenvalue weighted by Crippen LogP contribution is -2.55. The van der Waals surface area contributed by atoms with E-state index in [1.165, 1.54) is 17.8 Å². The number of carbonyl (C=O) groups excluding carboxylic acids is 2. The molecule has 2 aromatic carbocycles. The fourth-order valence-corrected chi connectivity index (χ4v) is 6.72. The van der Waals surface area contributed by atoms with Crippen LogP contribution >= 0.6 is 11.8 Å². The number of halogens is 3. The first-order valence-electron chi connectivity index (χ1n) is 15.1. The monoisotopic (exact) mass is 629 g/mol. The van der Waals surface area contributed by atoms with Gasteiger partial charge in [0.05, 0.1) is 11.3 Å². The summed E-state index contributed by atoms with van der Waals surface area (Å²) in [5, 5.41) is 9.07. The van der Waals surface area contributed by atoms with Crippen molar-refractivity contribution in [3.05, 3.63) is 60.2 Å². The van der Waals surface area contributed by atoms with Crippen LogP contribution in [0.2, 0.25) is 0 Å². The molecule has 0 N–H and O–H groups in total. The van der Waals surface area contributed by atoms with Crippen LogP contribution < -0.4 is 0 Å². The van der Waals surface area contributed by atoms with E-state index in [0.717, 1.165) is 24.1 Å². The zero-order valence-corrected chi connectivity index (χ0v) is 26.9. The van der Waals surface area contributed by atoms with Gasteiger partial charge in [0.1, 0.15) is 0 Å². The SMILES string of the molecule is CC(CC(=O)N1CCN(C(=O)CCCSc2nnc(-c3ccccc3)n2-c2cccc(C(F)(F)F)c2)CC1C)CC(C)(C)C. The van der Waals surface area contributed by atoms with E-state index in [-0.39, 0.29) is 23.3 Å². The number of hydrogen-bond acceptors (Lipinski definition) is 5. The number of amides is 2. The van der Waals surface area contributed by atoms with Crippen LogP contribution in [0.1, 0.15) is 65.9 Å². The van der Waals surface area contributed by atoms with Crippen LogP contribution in [0.15, 0.2) is 59.8 Å². The van der Waals surface area contributed by atoms with Gasteiger partial charge in [-0.1, -0.05) is 75.9 Å². The molecule has 0 saturated carbocycles. The van der Waals surface area contributed by atoms with Crippen molar-refractivity contribution in [1.82, 2.24) is 24.6 Å². The Labute approximate surface area is 262 Å². The molecule has 11 heteroatoms. The molecular formula is C33H42F3N5O2S. The highest BCUT2D eigenvalue weighted by Gasteiger charge is 2.32. The fraction of sp³-hybridized carbons (Fsp3) is 0.515. The second-order valence-electron chi connectivity index (χ2n) is 12.9. The van der Waals surface area contributed by atoms with Gasteiger partial charge < -0.3 is 9.80 Å². The van der Waals surface area contributed by atoms with Crippen LogP contribution in [-0.4, -0.2) is 67.8 Å². The Morgan fingerprint density at radius 1 is 1.00 bits per heavy atom. The van der Waals surface area contributed by atoms with Gasteiger partial charge in [-0.25, -0.2) is 0 Å². The molecule has 1 aliphatic rings. The molecule has 2 atom stereocenters. The number of benzene rings is 2. The highest BCUT2D eigenvalue weighted by Crippen LogP contribution is 2.34. The minimum Gasteiger partial charge on any atom is -0.339 e. The summed E-state index contributed by atoms with van der Waals surface area (Å²) in [5.41, 5.74) is 0.471. The lowest BCUT2D eigenvalue weighted by Gasteiger charge is -2.40. The molecule has 0 radical (unpaired) electrons. The smallest absolute Gasteiger partial charge is 0.339 e. The maximum Gasteiger partial charge on any atom is 0.416 e. The Morgan fingerprint density at radius 2 is 1.73 bits per heavy atom. The van der Waals surface area contributed by atoms with Crippen molar-refractivity contribution in [1.29, 1.82) is 0 Å². The molecule has 238 valence electrons. The number of hydrogen-bond donors (Lipinski definition) is 0. The first-order chi connectivity index (χ1) is 20.7. The summed E-state index contributed by atoms with van der Waals surface area (Å²) in [6.45, 7) is 12.2. The Kier molecular flexibility index (Phi) is 10.8. The van der Waals surface area contributed by atoms with E-state index in [9.17, 15) is 22.8 Å². The summed E-state index contributed by atoms with van der Waals surface area (Å²) in [7, 11) is 0. The summed E-state index contributed by atoms with van der Waals surface area (Å²) < 4.78 is 42.1. The van der Waals surface area contributed by atoms with Crippen molar-refractivity contribution in [2.24, 2.45) is 11.3 Å². The van der Waals surface area contributed by atoms with Crippen molar-refractivity contribution in [3.8, 4) is 17.1 Å². The molecule has 3 aromatic rings. The van der Waals surface area contributed by atoms with Crippen molar-refractivity contribution >= 4 is 23.6 Å². The van der Waals surface area contributed by atoms with Gasteiger partial charge in [-0.2, -0.15) is 13.2 Å². The lowest BCUT2D eigenvalue weighted by molar-refractivity contribution is -0.143. The van der Waals surface area contributed by atoms with Crippen LogP contribution in [0.25, 0.3) is 17.1 Å². The molecule has 1 aromatic heterocycles. The Hall–Kier alpha value is -3.34. The van der Waals surface area contributed by atoms with Gasteiger partial charge in [-0.15, -0.1) is 10.2 Å². The number of nitrogens with zero attached hydrogens (tertiary/aromatic N) is 5. The number of carbonyl (C=O) groups is 2. The van der Waals surface area contributed by atoms with Gasteiger partial charge in [0.25, 0.3) is 0 Å². The van der Waals surface area contributed by atoms with E-state index in [4.69, 9.17) is 0 Å². The van der Waals surface area contributed by atoms with Crippen LogP contribution in [0.4, 0.5) is 13.2 Å². The number of rotatable bonds is 10. The molecule has 7 nitrogen and oxygen atoms in total. The van der Waals surface area contributed by atoms with E-state index in [1.54, 1.807) is 10.6 Å². The van der Waals surface area contributed by atoms with Crippen molar-refractivity contribution < 1.29 is 22.8 Å². The molecule has 0 spiro atoms. The third-order valence-electron chi connectivity index (χ3n) is 7.65. The third kappa shape index (κ3) is 8.86. The molecule has 0 aliphatic carbocycles. The van der Waals surface area contributed by atoms with Gasteiger partial charge >= 0.3 is 6.18 Å². The van der Waals surface area contributed by atoms with Gasteiger partial charge in [-0.05, 0) is 49.3 Å². The summed E-state index contributed by atoms with van der Waals surface area (Å²) in [5.74, 6) is 1.47. The number of alkyl halides is 3. The zero-order chi connectivity index (χ0) is 32.1. The van der Waals surface area contributed by atoms with E-state index < -0.39 is 11.7 Å². The molecule has 1 saturated heterocycles. The average molecular weight is 630 g/mol. The minimum absolute atomic E-state index is 0.0370. The first kappa shape index (κ1) is 33.6. The standard InChI is InChI=1S/C33H42F3N5O2S/c1-23(21-32(3,4)5)19-29(43)40-17-16-39(22-24(40)2)28(42)15-10-18-44-31-38-37-30(25-11-7-6-8-12-25)41(31)27-14-9-13-26(20-27)33(34,35)36/h6-9,11-14,20,23-24H,10,15-19,21-22H2,1-5H3. The average Bonchev–Trinajstić information content (AvgIpc) is 3.38. The number of thioether (sulfide) groups is 1. The Bertz CT molecular complexity index is 1420. The van der Waals surface area contributed by atoms with E-state index in [2.05, 4.69) is 37.9 Å². The Balaban J connectivity index is 1.35. The van der Waals surface area contributed by atoms with Crippen LogP contribution in [0, 0.1) is 11.3 Å². The predicted octanol–water partition coefficient (Wildman–Crippen LogP) is 7.35. The molecule has 1 fully saturated rings. The topological polar surface area (TPSA) is 71.3 Å². The van der Waals surface area contributed by atoms with E-state index in [1.807, 2.05) is 47.1 Å². The van der Waals surface area contributed by atoms with Gasteiger partial charge in [0.15, 0.2) is 11.0 Å².